The van der Waals surface area contributed by atoms with Gasteiger partial charge in [-0.3, -0.25) is 0 Å². The minimum Gasteiger partial charge on any atom is -0.250 e. The summed E-state index contributed by atoms with van der Waals surface area (Å²) in [5.74, 6) is 0.466. The Morgan fingerprint density at radius 1 is 1.06 bits per heavy atom. The van der Waals surface area contributed by atoms with Crippen molar-refractivity contribution >= 4 is 23.2 Å². The molecular weight excluding hydrogens is 269 g/mol. The number of aromatic nitrogens is 3. The molecule has 0 radical (unpaired) electrons. The molecule has 0 aliphatic heterocycles. The first-order valence-electron chi connectivity index (χ1n) is 5.77. The molecule has 0 aliphatic rings. The van der Waals surface area contributed by atoms with Crippen LogP contribution in [0.5, 0.6) is 0 Å². The molecule has 0 unspecified atom stereocenters. The van der Waals surface area contributed by atoms with Gasteiger partial charge >= 0.3 is 0 Å². The maximum Gasteiger partial charge on any atom is 0.181 e. The molecule has 18 heavy (non-hydrogen) atoms. The monoisotopic (exact) mass is 281 g/mol. The van der Waals surface area contributed by atoms with Crippen molar-refractivity contribution in [2.45, 2.75) is 26.7 Å². The molecule has 0 bridgehead atoms. The predicted molar refractivity (Wildman–Crippen MR) is 74.0 cm³/mol. The molecule has 0 saturated heterocycles. The van der Waals surface area contributed by atoms with E-state index in [1.807, 2.05) is 25.1 Å². The summed E-state index contributed by atoms with van der Waals surface area (Å²) in [4.78, 5) is 12.9. The van der Waals surface area contributed by atoms with Gasteiger partial charge in [0.1, 0.15) is 16.0 Å². The lowest BCUT2D eigenvalue weighted by molar-refractivity contribution is 0.901. The van der Waals surface area contributed by atoms with E-state index in [-0.39, 0.29) is 0 Å². The third-order valence-electron chi connectivity index (χ3n) is 2.52. The van der Waals surface area contributed by atoms with Crippen molar-refractivity contribution in [1.82, 2.24) is 15.0 Å². The Morgan fingerprint density at radius 2 is 1.72 bits per heavy atom. The van der Waals surface area contributed by atoms with Gasteiger partial charge in [0.25, 0.3) is 0 Å². The standard InChI is InChI=1S/C13H13Cl2N3/c1-3-5-9-11(14)17-13(18-12(9)15)10-7-4-6-8(2)16-10/h4,6-7H,3,5H2,1-2H3. The van der Waals surface area contributed by atoms with Crippen LogP contribution in [-0.4, -0.2) is 15.0 Å². The Balaban J connectivity index is 2.48. The van der Waals surface area contributed by atoms with Crippen LogP contribution in [0.4, 0.5) is 0 Å². The van der Waals surface area contributed by atoms with Crippen LogP contribution in [0.15, 0.2) is 18.2 Å². The Hall–Kier alpha value is -1.19. The highest BCUT2D eigenvalue weighted by Crippen LogP contribution is 2.25. The van der Waals surface area contributed by atoms with Crippen LogP contribution < -0.4 is 0 Å². The fraction of sp³-hybridized carbons (Fsp3) is 0.308. The lowest BCUT2D eigenvalue weighted by Crippen LogP contribution is -1.99. The number of pyridine rings is 1. The first kappa shape index (κ1) is 13.2. The molecule has 0 aliphatic carbocycles. The fourth-order valence-corrected chi connectivity index (χ4v) is 2.25. The second kappa shape index (κ2) is 5.63. The van der Waals surface area contributed by atoms with Crippen LogP contribution in [-0.2, 0) is 6.42 Å². The van der Waals surface area contributed by atoms with Crippen LogP contribution in [0.3, 0.4) is 0 Å². The molecule has 0 spiro atoms. The van der Waals surface area contributed by atoms with Crippen LogP contribution >= 0.6 is 23.2 Å². The second-order valence-corrected chi connectivity index (χ2v) is 4.74. The van der Waals surface area contributed by atoms with Crippen molar-refractivity contribution in [3.8, 4) is 11.5 Å². The van der Waals surface area contributed by atoms with Gasteiger partial charge in [-0.05, 0) is 25.5 Å². The summed E-state index contributed by atoms with van der Waals surface area (Å²) in [5, 5.41) is 0.824. The average molecular weight is 282 g/mol. The maximum atomic E-state index is 6.14. The van der Waals surface area contributed by atoms with E-state index in [9.17, 15) is 0 Å². The number of aryl methyl sites for hydroxylation is 1. The quantitative estimate of drug-likeness (QED) is 0.795. The third kappa shape index (κ3) is 2.79. The van der Waals surface area contributed by atoms with Gasteiger partial charge in [0, 0.05) is 11.3 Å². The van der Waals surface area contributed by atoms with E-state index in [4.69, 9.17) is 23.2 Å². The molecule has 2 heterocycles. The first-order valence-corrected chi connectivity index (χ1v) is 6.53. The van der Waals surface area contributed by atoms with E-state index in [1.165, 1.54) is 0 Å². The number of rotatable bonds is 3. The molecule has 0 amide bonds. The summed E-state index contributed by atoms with van der Waals surface area (Å²) < 4.78 is 0. The topological polar surface area (TPSA) is 38.7 Å². The van der Waals surface area contributed by atoms with E-state index in [0.29, 0.717) is 21.8 Å². The average Bonchev–Trinajstić information content (AvgIpc) is 2.33. The Bertz CT molecular complexity index is 547. The molecule has 2 rings (SSSR count). The highest BCUT2D eigenvalue weighted by atomic mass is 35.5. The summed E-state index contributed by atoms with van der Waals surface area (Å²) in [6, 6.07) is 5.66. The summed E-state index contributed by atoms with van der Waals surface area (Å²) in [7, 11) is 0. The molecule has 3 nitrogen and oxygen atoms in total. The number of hydrogen-bond acceptors (Lipinski definition) is 3. The molecule has 0 N–H and O–H groups in total. The van der Waals surface area contributed by atoms with Crippen LogP contribution in [0.1, 0.15) is 24.6 Å². The van der Waals surface area contributed by atoms with Crippen molar-refractivity contribution < 1.29 is 0 Å². The highest BCUT2D eigenvalue weighted by molar-refractivity contribution is 6.34. The van der Waals surface area contributed by atoms with Gasteiger partial charge in [0.15, 0.2) is 5.82 Å². The van der Waals surface area contributed by atoms with Crippen molar-refractivity contribution in [3.05, 3.63) is 39.8 Å². The Morgan fingerprint density at radius 3 is 2.28 bits per heavy atom. The lowest BCUT2D eigenvalue weighted by Gasteiger charge is -2.07. The van der Waals surface area contributed by atoms with Crippen LogP contribution in [0, 0.1) is 6.92 Å². The van der Waals surface area contributed by atoms with Gasteiger partial charge in [-0.2, -0.15) is 0 Å². The van der Waals surface area contributed by atoms with E-state index >= 15 is 0 Å². The molecule has 2 aromatic rings. The second-order valence-electron chi connectivity index (χ2n) is 4.02. The van der Waals surface area contributed by atoms with Gasteiger partial charge in [-0.25, -0.2) is 15.0 Å². The van der Waals surface area contributed by atoms with Gasteiger partial charge in [0.2, 0.25) is 0 Å². The smallest absolute Gasteiger partial charge is 0.181 e. The largest absolute Gasteiger partial charge is 0.250 e. The molecular formula is C13H13Cl2N3. The van der Waals surface area contributed by atoms with E-state index in [2.05, 4.69) is 21.9 Å². The number of halogens is 2. The van der Waals surface area contributed by atoms with Crippen LogP contribution in [0.2, 0.25) is 10.3 Å². The zero-order valence-corrected chi connectivity index (χ0v) is 11.8. The van der Waals surface area contributed by atoms with Crippen molar-refractivity contribution in [3.63, 3.8) is 0 Å². The summed E-state index contributed by atoms with van der Waals surface area (Å²) in [5.41, 5.74) is 2.39. The van der Waals surface area contributed by atoms with Gasteiger partial charge < -0.3 is 0 Å². The predicted octanol–water partition coefficient (Wildman–Crippen LogP) is 4.11. The summed E-state index contributed by atoms with van der Waals surface area (Å²) in [6.07, 6.45) is 1.73. The van der Waals surface area contributed by atoms with Gasteiger partial charge in [-0.15, -0.1) is 0 Å². The van der Waals surface area contributed by atoms with Crippen molar-refractivity contribution in [2.24, 2.45) is 0 Å². The Labute approximate surface area is 116 Å². The Kier molecular flexibility index (Phi) is 4.15. The van der Waals surface area contributed by atoms with Crippen molar-refractivity contribution in [2.75, 3.05) is 0 Å². The number of hydrogen-bond donors (Lipinski definition) is 0. The van der Waals surface area contributed by atoms with E-state index in [1.54, 1.807) is 0 Å². The molecule has 0 fully saturated rings. The van der Waals surface area contributed by atoms with E-state index < -0.39 is 0 Å². The lowest BCUT2D eigenvalue weighted by atomic mass is 10.2. The highest BCUT2D eigenvalue weighted by Gasteiger charge is 2.12. The molecule has 0 saturated carbocycles. The zero-order valence-electron chi connectivity index (χ0n) is 10.2. The molecule has 0 aromatic carbocycles. The SMILES string of the molecule is CCCc1c(Cl)nc(-c2cccc(C)n2)nc1Cl. The molecule has 5 heteroatoms. The maximum absolute atomic E-state index is 6.14. The number of nitrogens with zero attached hydrogens (tertiary/aromatic N) is 3. The van der Waals surface area contributed by atoms with Gasteiger partial charge in [0.05, 0.1) is 0 Å². The molecule has 0 atom stereocenters. The summed E-state index contributed by atoms with van der Waals surface area (Å²) in [6.45, 7) is 3.97. The zero-order chi connectivity index (χ0) is 13.1. The molecule has 94 valence electrons. The minimum atomic E-state index is 0.412. The van der Waals surface area contributed by atoms with E-state index in [0.717, 1.165) is 24.1 Å². The first-order chi connectivity index (χ1) is 8.61. The summed E-state index contributed by atoms with van der Waals surface area (Å²) >= 11 is 12.3. The van der Waals surface area contributed by atoms with Gasteiger partial charge in [-0.1, -0.05) is 42.6 Å². The third-order valence-corrected chi connectivity index (χ3v) is 3.15. The molecule has 2 aromatic heterocycles. The normalized spacial score (nSPS) is 10.7. The van der Waals surface area contributed by atoms with Crippen LogP contribution in [0.25, 0.3) is 11.5 Å². The van der Waals surface area contributed by atoms with Crippen molar-refractivity contribution in [1.29, 1.82) is 0 Å². The fourth-order valence-electron chi connectivity index (χ4n) is 1.67. The minimum absolute atomic E-state index is 0.412.